The first-order valence-electron chi connectivity index (χ1n) is 10.0. The lowest BCUT2D eigenvalue weighted by Crippen LogP contribution is -2.28. The normalized spacial score (nSPS) is 17.2. The monoisotopic (exact) mass is 420 g/mol. The molecule has 7 heteroatoms. The molecule has 154 valence electrons. The van der Waals surface area contributed by atoms with Crippen molar-refractivity contribution in [1.82, 2.24) is 10.2 Å². The minimum absolute atomic E-state index is 0.0337. The second-order valence-electron chi connectivity index (χ2n) is 7.75. The molecule has 2 aromatic carbocycles. The van der Waals surface area contributed by atoms with Crippen LogP contribution in [-0.2, 0) is 16.0 Å². The number of carbonyl (C=O) groups excluding carboxylic acids is 2. The van der Waals surface area contributed by atoms with Crippen LogP contribution in [0.1, 0.15) is 35.4 Å². The van der Waals surface area contributed by atoms with E-state index in [0.717, 1.165) is 22.7 Å². The SMILES string of the molecule is Cc1ccc(N2CC(C(=O)Nc3nnc(CC(C)c4ccccc4)s3)CC2=O)cc1. The molecule has 1 saturated heterocycles. The van der Waals surface area contributed by atoms with Gasteiger partial charge in [-0.2, -0.15) is 0 Å². The van der Waals surface area contributed by atoms with Crippen LogP contribution in [0.15, 0.2) is 54.6 Å². The van der Waals surface area contributed by atoms with E-state index in [2.05, 4.69) is 34.6 Å². The van der Waals surface area contributed by atoms with E-state index in [4.69, 9.17) is 0 Å². The third-order valence-electron chi connectivity index (χ3n) is 5.39. The Morgan fingerprint density at radius 1 is 1.17 bits per heavy atom. The standard InChI is InChI=1S/C23H24N4O2S/c1-15-8-10-19(11-9-15)27-14-18(13-21(27)28)22(29)24-23-26-25-20(30-23)12-16(2)17-6-4-3-5-7-17/h3-11,16,18H,12-14H2,1-2H3,(H,24,26,29). The van der Waals surface area contributed by atoms with Gasteiger partial charge in [0.1, 0.15) is 5.01 Å². The number of rotatable bonds is 6. The summed E-state index contributed by atoms with van der Waals surface area (Å²) in [4.78, 5) is 26.8. The summed E-state index contributed by atoms with van der Waals surface area (Å²) in [5.41, 5.74) is 3.21. The number of anilines is 2. The van der Waals surface area contributed by atoms with Gasteiger partial charge < -0.3 is 10.2 Å². The Labute approximate surface area is 180 Å². The Morgan fingerprint density at radius 2 is 1.90 bits per heavy atom. The lowest BCUT2D eigenvalue weighted by molar-refractivity contribution is -0.122. The number of nitrogens with one attached hydrogen (secondary N) is 1. The molecular formula is C23H24N4O2S. The molecule has 0 spiro atoms. The van der Waals surface area contributed by atoms with Crippen molar-refractivity contribution in [3.8, 4) is 0 Å². The molecule has 0 aliphatic carbocycles. The van der Waals surface area contributed by atoms with Crippen molar-refractivity contribution in [2.24, 2.45) is 5.92 Å². The topological polar surface area (TPSA) is 75.2 Å². The number of nitrogens with zero attached hydrogens (tertiary/aromatic N) is 3. The molecule has 1 aromatic heterocycles. The van der Waals surface area contributed by atoms with Gasteiger partial charge in [-0.05, 0) is 30.5 Å². The summed E-state index contributed by atoms with van der Waals surface area (Å²) < 4.78 is 0. The molecule has 1 fully saturated rings. The summed E-state index contributed by atoms with van der Waals surface area (Å²) in [6.07, 6.45) is 0.969. The molecule has 6 nitrogen and oxygen atoms in total. The number of hydrogen-bond acceptors (Lipinski definition) is 5. The minimum atomic E-state index is -0.394. The van der Waals surface area contributed by atoms with Crippen molar-refractivity contribution in [3.63, 3.8) is 0 Å². The highest BCUT2D eigenvalue weighted by molar-refractivity contribution is 7.15. The Balaban J connectivity index is 1.35. The molecule has 2 amide bonds. The summed E-state index contributed by atoms with van der Waals surface area (Å²) in [5.74, 6) is -0.293. The maximum Gasteiger partial charge on any atom is 0.231 e. The van der Waals surface area contributed by atoms with E-state index in [0.29, 0.717) is 17.6 Å². The molecule has 1 N–H and O–H groups in total. The van der Waals surface area contributed by atoms with Gasteiger partial charge in [-0.15, -0.1) is 10.2 Å². The molecule has 2 atom stereocenters. The van der Waals surface area contributed by atoms with E-state index in [-0.39, 0.29) is 18.2 Å². The zero-order valence-electron chi connectivity index (χ0n) is 17.0. The highest BCUT2D eigenvalue weighted by atomic mass is 32.1. The highest BCUT2D eigenvalue weighted by Crippen LogP contribution is 2.28. The molecule has 0 saturated carbocycles. The molecule has 4 rings (SSSR count). The van der Waals surface area contributed by atoms with Crippen LogP contribution in [0.4, 0.5) is 10.8 Å². The van der Waals surface area contributed by atoms with E-state index in [1.165, 1.54) is 16.9 Å². The van der Waals surface area contributed by atoms with E-state index in [1.807, 2.05) is 49.4 Å². The number of benzene rings is 2. The van der Waals surface area contributed by atoms with Gasteiger partial charge in [0, 0.05) is 25.1 Å². The van der Waals surface area contributed by atoms with Crippen LogP contribution in [0.3, 0.4) is 0 Å². The quantitative estimate of drug-likeness (QED) is 0.649. The summed E-state index contributed by atoms with van der Waals surface area (Å²) in [7, 11) is 0. The van der Waals surface area contributed by atoms with Crippen molar-refractivity contribution >= 4 is 34.0 Å². The minimum Gasteiger partial charge on any atom is -0.312 e. The molecule has 0 radical (unpaired) electrons. The first kappa shape index (κ1) is 20.2. The van der Waals surface area contributed by atoms with Crippen molar-refractivity contribution in [2.45, 2.75) is 32.6 Å². The fourth-order valence-corrected chi connectivity index (χ4v) is 4.48. The fourth-order valence-electron chi connectivity index (χ4n) is 3.61. The van der Waals surface area contributed by atoms with E-state index in [1.54, 1.807) is 4.90 Å². The predicted molar refractivity (Wildman–Crippen MR) is 119 cm³/mol. The van der Waals surface area contributed by atoms with Crippen molar-refractivity contribution < 1.29 is 9.59 Å². The molecule has 3 aromatic rings. The lowest BCUT2D eigenvalue weighted by atomic mass is 9.98. The first-order chi connectivity index (χ1) is 14.5. The average Bonchev–Trinajstić information content (AvgIpc) is 3.35. The van der Waals surface area contributed by atoms with E-state index < -0.39 is 5.92 Å². The van der Waals surface area contributed by atoms with Crippen LogP contribution < -0.4 is 10.2 Å². The molecule has 1 aliphatic rings. The summed E-state index contributed by atoms with van der Waals surface area (Å²) in [6.45, 7) is 4.53. The van der Waals surface area contributed by atoms with Gasteiger partial charge in [-0.3, -0.25) is 9.59 Å². The molecule has 2 heterocycles. The fraction of sp³-hybridized carbons (Fsp3) is 0.304. The Kier molecular flexibility index (Phi) is 5.90. The summed E-state index contributed by atoms with van der Waals surface area (Å²) >= 11 is 1.39. The van der Waals surface area contributed by atoms with Crippen LogP contribution in [-0.4, -0.2) is 28.6 Å². The van der Waals surface area contributed by atoms with Gasteiger partial charge in [0.15, 0.2) is 0 Å². The summed E-state index contributed by atoms with van der Waals surface area (Å²) in [6, 6.07) is 18.0. The zero-order valence-corrected chi connectivity index (χ0v) is 17.9. The van der Waals surface area contributed by atoms with Gasteiger partial charge in [-0.25, -0.2) is 0 Å². The Morgan fingerprint density at radius 3 is 2.63 bits per heavy atom. The Hall–Kier alpha value is -3.06. The van der Waals surface area contributed by atoms with Crippen LogP contribution >= 0.6 is 11.3 Å². The number of hydrogen-bond donors (Lipinski definition) is 1. The van der Waals surface area contributed by atoms with Crippen molar-refractivity contribution in [1.29, 1.82) is 0 Å². The van der Waals surface area contributed by atoms with Crippen LogP contribution in [0, 0.1) is 12.8 Å². The van der Waals surface area contributed by atoms with Crippen LogP contribution in [0.25, 0.3) is 0 Å². The van der Waals surface area contributed by atoms with Gasteiger partial charge in [0.05, 0.1) is 5.92 Å². The maximum absolute atomic E-state index is 12.7. The van der Waals surface area contributed by atoms with E-state index >= 15 is 0 Å². The summed E-state index contributed by atoms with van der Waals surface area (Å²) in [5, 5.41) is 12.6. The number of carbonyl (C=O) groups is 2. The van der Waals surface area contributed by atoms with Gasteiger partial charge in [0.25, 0.3) is 0 Å². The van der Waals surface area contributed by atoms with Crippen LogP contribution in [0.5, 0.6) is 0 Å². The molecular weight excluding hydrogens is 396 g/mol. The molecule has 1 aliphatic heterocycles. The smallest absolute Gasteiger partial charge is 0.231 e. The van der Waals surface area contributed by atoms with Gasteiger partial charge in [-0.1, -0.05) is 66.3 Å². The largest absolute Gasteiger partial charge is 0.312 e. The molecule has 2 unspecified atom stereocenters. The lowest BCUT2D eigenvalue weighted by Gasteiger charge is -2.16. The van der Waals surface area contributed by atoms with Crippen molar-refractivity contribution in [3.05, 3.63) is 70.7 Å². The second kappa shape index (κ2) is 8.75. The highest BCUT2D eigenvalue weighted by Gasteiger charge is 2.35. The van der Waals surface area contributed by atoms with Crippen molar-refractivity contribution in [2.75, 3.05) is 16.8 Å². The number of aromatic nitrogens is 2. The first-order valence-corrected chi connectivity index (χ1v) is 10.9. The molecule has 0 bridgehead atoms. The predicted octanol–water partition coefficient (Wildman–Crippen LogP) is 4.18. The Bertz CT molecular complexity index is 1030. The van der Waals surface area contributed by atoms with Gasteiger partial charge in [0.2, 0.25) is 16.9 Å². The van der Waals surface area contributed by atoms with Crippen LogP contribution in [0.2, 0.25) is 0 Å². The third kappa shape index (κ3) is 4.57. The number of aryl methyl sites for hydroxylation is 1. The second-order valence-corrected chi connectivity index (χ2v) is 8.81. The molecule has 30 heavy (non-hydrogen) atoms. The average molecular weight is 421 g/mol. The number of amides is 2. The van der Waals surface area contributed by atoms with E-state index in [9.17, 15) is 9.59 Å². The van der Waals surface area contributed by atoms with Gasteiger partial charge >= 0.3 is 0 Å². The third-order valence-corrected chi connectivity index (χ3v) is 6.25. The zero-order chi connectivity index (χ0) is 21.1. The maximum atomic E-state index is 12.7.